The lowest BCUT2D eigenvalue weighted by molar-refractivity contribution is 0.397. The number of rotatable bonds is 2. The van der Waals surface area contributed by atoms with E-state index in [0.717, 1.165) is 17.3 Å². The number of hydrogen-bond acceptors (Lipinski definition) is 4. The lowest BCUT2D eigenvalue weighted by Gasteiger charge is -2.10. The molecule has 0 unspecified atom stereocenters. The molecule has 4 N–H and O–H groups in total. The van der Waals surface area contributed by atoms with Crippen molar-refractivity contribution in [2.75, 3.05) is 5.32 Å². The van der Waals surface area contributed by atoms with E-state index in [1.807, 2.05) is 31.2 Å². The summed E-state index contributed by atoms with van der Waals surface area (Å²) in [6, 6.07) is 9.94. The molecule has 0 aromatic heterocycles. The minimum atomic E-state index is -0.350. The van der Waals surface area contributed by atoms with E-state index in [1.54, 1.807) is 0 Å². The van der Waals surface area contributed by atoms with Crippen molar-refractivity contribution in [1.82, 2.24) is 0 Å². The number of nitrogens with one attached hydrogen (secondary N) is 1. The summed E-state index contributed by atoms with van der Waals surface area (Å²) in [5.41, 5.74) is 2.26. The summed E-state index contributed by atoms with van der Waals surface area (Å²) >= 11 is 0. The molecule has 2 aromatic rings. The van der Waals surface area contributed by atoms with E-state index in [-0.39, 0.29) is 17.2 Å². The highest BCUT2D eigenvalue weighted by Gasteiger charge is 2.07. The number of phenolic OH excluding ortho intramolecular Hbond substituents is 3. The number of aromatic hydroxyl groups is 3. The highest BCUT2D eigenvalue weighted by Crippen LogP contribution is 2.36. The smallest absolute Gasteiger partial charge is 0.161 e. The number of anilines is 2. The van der Waals surface area contributed by atoms with Crippen LogP contribution in [0.3, 0.4) is 0 Å². The standard InChI is InChI=1S/C13H13NO3/c1-8-2-4-9(5-3-8)14-10-6-12(16)13(17)7-11(10)15/h2-7,14-17H,1H3. The molecule has 17 heavy (non-hydrogen) atoms. The Morgan fingerprint density at radius 2 is 1.41 bits per heavy atom. The Bertz CT molecular complexity index is 535. The van der Waals surface area contributed by atoms with E-state index in [4.69, 9.17) is 0 Å². The van der Waals surface area contributed by atoms with Crippen LogP contribution in [-0.2, 0) is 0 Å². The molecule has 2 rings (SSSR count). The van der Waals surface area contributed by atoms with Crippen molar-refractivity contribution < 1.29 is 15.3 Å². The molecular weight excluding hydrogens is 218 g/mol. The van der Waals surface area contributed by atoms with Gasteiger partial charge in [0.2, 0.25) is 0 Å². The summed E-state index contributed by atoms with van der Waals surface area (Å²) in [6.07, 6.45) is 0. The van der Waals surface area contributed by atoms with Gasteiger partial charge in [0.1, 0.15) is 5.75 Å². The first-order valence-corrected chi connectivity index (χ1v) is 5.15. The van der Waals surface area contributed by atoms with Crippen molar-refractivity contribution in [2.24, 2.45) is 0 Å². The lowest BCUT2D eigenvalue weighted by atomic mass is 10.2. The minimum absolute atomic E-state index is 0.124. The largest absolute Gasteiger partial charge is 0.506 e. The zero-order valence-electron chi connectivity index (χ0n) is 9.31. The topological polar surface area (TPSA) is 72.7 Å². The monoisotopic (exact) mass is 231 g/mol. The number of aryl methyl sites for hydroxylation is 1. The fourth-order valence-electron chi connectivity index (χ4n) is 1.46. The third-order valence-corrected chi connectivity index (χ3v) is 2.42. The Hall–Kier alpha value is -2.36. The predicted octanol–water partition coefficient (Wildman–Crippen LogP) is 2.86. The quantitative estimate of drug-likeness (QED) is 0.473. The summed E-state index contributed by atoms with van der Waals surface area (Å²) in [5, 5.41) is 31.1. The van der Waals surface area contributed by atoms with Crippen LogP contribution >= 0.6 is 0 Å². The summed E-state index contributed by atoms with van der Waals surface area (Å²) in [7, 11) is 0. The van der Waals surface area contributed by atoms with Crippen molar-refractivity contribution in [1.29, 1.82) is 0 Å². The molecule has 0 spiro atoms. The molecule has 0 saturated heterocycles. The van der Waals surface area contributed by atoms with E-state index in [1.165, 1.54) is 6.07 Å². The van der Waals surface area contributed by atoms with Crippen molar-refractivity contribution in [3.63, 3.8) is 0 Å². The van der Waals surface area contributed by atoms with Crippen LogP contribution in [0.4, 0.5) is 11.4 Å². The molecule has 0 bridgehead atoms. The summed E-state index contributed by atoms with van der Waals surface area (Å²) in [4.78, 5) is 0. The van der Waals surface area contributed by atoms with Gasteiger partial charge in [0.25, 0.3) is 0 Å². The van der Waals surface area contributed by atoms with Crippen LogP contribution in [0.2, 0.25) is 0 Å². The van der Waals surface area contributed by atoms with Crippen LogP contribution in [-0.4, -0.2) is 15.3 Å². The Kier molecular flexibility index (Phi) is 2.78. The summed E-state index contributed by atoms with van der Waals surface area (Å²) in [6.45, 7) is 1.98. The van der Waals surface area contributed by atoms with Crippen LogP contribution in [0.5, 0.6) is 17.2 Å². The predicted molar refractivity (Wildman–Crippen MR) is 65.9 cm³/mol. The van der Waals surface area contributed by atoms with Gasteiger partial charge in [0.05, 0.1) is 5.69 Å². The average Bonchev–Trinajstić information content (AvgIpc) is 2.29. The molecule has 88 valence electrons. The molecule has 0 aliphatic rings. The average molecular weight is 231 g/mol. The van der Waals surface area contributed by atoms with Gasteiger partial charge >= 0.3 is 0 Å². The molecule has 0 aliphatic heterocycles. The van der Waals surface area contributed by atoms with Crippen molar-refractivity contribution in [3.8, 4) is 17.2 Å². The number of hydrogen-bond donors (Lipinski definition) is 4. The third-order valence-electron chi connectivity index (χ3n) is 2.42. The van der Waals surface area contributed by atoms with Gasteiger partial charge < -0.3 is 20.6 Å². The molecule has 2 aromatic carbocycles. The van der Waals surface area contributed by atoms with E-state index in [0.29, 0.717) is 5.69 Å². The zero-order valence-corrected chi connectivity index (χ0v) is 9.31. The molecule has 4 heteroatoms. The van der Waals surface area contributed by atoms with Gasteiger partial charge in [-0.2, -0.15) is 0 Å². The summed E-state index contributed by atoms with van der Waals surface area (Å²) < 4.78 is 0. The molecule has 0 fully saturated rings. The van der Waals surface area contributed by atoms with E-state index in [2.05, 4.69) is 5.32 Å². The third kappa shape index (κ3) is 2.42. The fourth-order valence-corrected chi connectivity index (χ4v) is 1.46. The van der Waals surface area contributed by atoms with Crippen molar-refractivity contribution in [2.45, 2.75) is 6.92 Å². The first kappa shape index (κ1) is 11.1. The first-order valence-electron chi connectivity index (χ1n) is 5.15. The Morgan fingerprint density at radius 1 is 0.824 bits per heavy atom. The lowest BCUT2D eigenvalue weighted by Crippen LogP contribution is -1.90. The van der Waals surface area contributed by atoms with Crippen molar-refractivity contribution in [3.05, 3.63) is 42.0 Å². The summed E-state index contributed by atoms with van der Waals surface area (Å²) in [5.74, 6) is -0.754. The minimum Gasteiger partial charge on any atom is -0.506 e. The Labute approximate surface area is 98.8 Å². The maximum Gasteiger partial charge on any atom is 0.161 e. The zero-order chi connectivity index (χ0) is 12.4. The molecular formula is C13H13NO3. The Balaban J connectivity index is 2.30. The molecule has 0 saturated carbocycles. The highest BCUT2D eigenvalue weighted by atomic mass is 16.3. The highest BCUT2D eigenvalue weighted by molar-refractivity contribution is 5.69. The second-order valence-corrected chi connectivity index (χ2v) is 3.85. The SMILES string of the molecule is Cc1ccc(Nc2cc(O)c(O)cc2O)cc1. The van der Waals surface area contributed by atoms with Gasteiger partial charge in [-0.3, -0.25) is 0 Å². The number of benzene rings is 2. The molecule has 4 nitrogen and oxygen atoms in total. The van der Waals surface area contributed by atoms with Crippen LogP contribution in [0, 0.1) is 6.92 Å². The first-order chi connectivity index (χ1) is 8.06. The van der Waals surface area contributed by atoms with Crippen molar-refractivity contribution >= 4 is 11.4 Å². The number of phenols is 3. The maximum absolute atomic E-state index is 9.60. The van der Waals surface area contributed by atoms with Gasteiger partial charge in [-0.05, 0) is 19.1 Å². The molecule has 0 aliphatic carbocycles. The fraction of sp³-hybridized carbons (Fsp3) is 0.0769. The van der Waals surface area contributed by atoms with E-state index < -0.39 is 0 Å². The van der Waals surface area contributed by atoms with Gasteiger partial charge in [0, 0.05) is 17.8 Å². The van der Waals surface area contributed by atoms with Crippen LogP contribution < -0.4 is 5.32 Å². The normalized spacial score (nSPS) is 10.2. The second-order valence-electron chi connectivity index (χ2n) is 3.85. The van der Waals surface area contributed by atoms with Gasteiger partial charge in [-0.25, -0.2) is 0 Å². The molecule has 0 atom stereocenters. The van der Waals surface area contributed by atoms with Gasteiger partial charge in [0.15, 0.2) is 11.5 Å². The van der Waals surface area contributed by atoms with E-state index >= 15 is 0 Å². The van der Waals surface area contributed by atoms with Gasteiger partial charge in [-0.15, -0.1) is 0 Å². The molecule has 0 heterocycles. The van der Waals surface area contributed by atoms with E-state index in [9.17, 15) is 15.3 Å². The van der Waals surface area contributed by atoms with Crippen LogP contribution in [0.25, 0.3) is 0 Å². The van der Waals surface area contributed by atoms with Crippen LogP contribution in [0.1, 0.15) is 5.56 Å². The van der Waals surface area contributed by atoms with Crippen LogP contribution in [0.15, 0.2) is 36.4 Å². The molecule has 0 amide bonds. The van der Waals surface area contributed by atoms with Gasteiger partial charge in [-0.1, -0.05) is 17.7 Å². The maximum atomic E-state index is 9.60. The molecule has 0 radical (unpaired) electrons. The second kappa shape index (κ2) is 4.25. The Morgan fingerprint density at radius 3 is 2.06 bits per heavy atom.